The van der Waals surface area contributed by atoms with Gasteiger partial charge in [0.05, 0.1) is 0 Å². The number of carboxylic acid groups (broad SMARTS) is 1. The summed E-state index contributed by atoms with van der Waals surface area (Å²) in [5.74, 6) is -0.946. The minimum Gasteiger partial charge on any atom is -0.480 e. The van der Waals surface area contributed by atoms with Crippen LogP contribution in [-0.2, 0) is 11.2 Å². The van der Waals surface area contributed by atoms with E-state index in [9.17, 15) is 4.79 Å². The summed E-state index contributed by atoms with van der Waals surface area (Å²) in [5, 5.41) is 8.69. The second-order valence-corrected chi connectivity index (χ2v) is 2.91. The number of hydrogen-bond acceptors (Lipinski definition) is 2. The first-order valence-corrected chi connectivity index (χ1v) is 4.24. The number of rotatable bonds is 4. The average molecular weight is 236 g/mol. The van der Waals surface area contributed by atoms with E-state index < -0.39 is 12.0 Å². The van der Waals surface area contributed by atoms with Gasteiger partial charge in [-0.15, -0.1) is 12.4 Å². The standard InChI is InChI=1S/C9H10ClNO2.ClH/c10-11-8(9(12)13)6-7-4-2-1-3-5-7;/h1-5,8,11H,6H2,(H,12,13);1H/t8-;/m0./s1. The highest BCUT2D eigenvalue weighted by molar-refractivity contribution is 6.14. The van der Waals surface area contributed by atoms with Crippen LogP contribution < -0.4 is 4.84 Å². The Bertz CT molecular complexity index is 279. The average Bonchev–Trinajstić information content (AvgIpc) is 2.15. The lowest BCUT2D eigenvalue weighted by Gasteiger charge is -2.08. The molecule has 1 rings (SSSR count). The predicted octanol–water partition coefficient (Wildman–Crippen LogP) is 1.85. The molecule has 1 atom stereocenters. The fourth-order valence-corrected chi connectivity index (χ4v) is 1.19. The molecular weight excluding hydrogens is 225 g/mol. The van der Waals surface area contributed by atoms with Gasteiger partial charge < -0.3 is 5.11 Å². The minimum absolute atomic E-state index is 0. The molecule has 0 fully saturated rings. The Kier molecular flexibility index (Phi) is 6.28. The molecule has 0 unspecified atom stereocenters. The second-order valence-electron chi connectivity index (χ2n) is 2.69. The van der Waals surface area contributed by atoms with Crippen LogP contribution in [0.4, 0.5) is 0 Å². The van der Waals surface area contributed by atoms with E-state index >= 15 is 0 Å². The van der Waals surface area contributed by atoms with Crippen LogP contribution in [0.2, 0.25) is 0 Å². The lowest BCUT2D eigenvalue weighted by Crippen LogP contribution is -2.32. The van der Waals surface area contributed by atoms with Gasteiger partial charge in [0.25, 0.3) is 0 Å². The maximum Gasteiger partial charge on any atom is 0.322 e. The van der Waals surface area contributed by atoms with Crippen molar-refractivity contribution in [3.8, 4) is 0 Å². The number of carboxylic acids is 1. The molecule has 1 aromatic rings. The molecule has 0 spiro atoms. The van der Waals surface area contributed by atoms with Crippen LogP contribution in [0.1, 0.15) is 5.56 Å². The molecule has 0 heterocycles. The summed E-state index contributed by atoms with van der Waals surface area (Å²) in [4.78, 5) is 12.8. The summed E-state index contributed by atoms with van der Waals surface area (Å²) in [6, 6.07) is 8.61. The van der Waals surface area contributed by atoms with Gasteiger partial charge >= 0.3 is 5.97 Å². The third-order valence-electron chi connectivity index (χ3n) is 1.71. The van der Waals surface area contributed by atoms with Gasteiger partial charge in [-0.1, -0.05) is 30.3 Å². The van der Waals surface area contributed by atoms with Gasteiger partial charge in [-0.2, -0.15) is 0 Å². The van der Waals surface area contributed by atoms with Crippen molar-refractivity contribution in [3.63, 3.8) is 0 Å². The van der Waals surface area contributed by atoms with E-state index in [0.717, 1.165) is 5.56 Å². The maximum absolute atomic E-state index is 10.6. The van der Waals surface area contributed by atoms with E-state index in [1.807, 2.05) is 30.3 Å². The van der Waals surface area contributed by atoms with E-state index in [1.165, 1.54) is 0 Å². The number of hydrogen-bond donors (Lipinski definition) is 2. The summed E-state index contributed by atoms with van der Waals surface area (Å²) >= 11 is 5.28. The second kappa shape index (κ2) is 6.65. The highest BCUT2D eigenvalue weighted by Gasteiger charge is 2.15. The van der Waals surface area contributed by atoms with Crippen molar-refractivity contribution in [2.45, 2.75) is 12.5 Å². The van der Waals surface area contributed by atoms with Gasteiger partial charge in [-0.25, -0.2) is 4.84 Å². The summed E-state index contributed by atoms with van der Waals surface area (Å²) in [6.45, 7) is 0. The highest BCUT2D eigenvalue weighted by Crippen LogP contribution is 2.03. The normalized spacial score (nSPS) is 11.5. The molecule has 0 saturated carbocycles. The van der Waals surface area contributed by atoms with Gasteiger partial charge in [0.2, 0.25) is 0 Å². The summed E-state index contributed by atoms with van der Waals surface area (Å²) in [7, 11) is 0. The highest BCUT2D eigenvalue weighted by atomic mass is 35.5. The zero-order valence-corrected chi connectivity index (χ0v) is 8.89. The predicted molar refractivity (Wildman–Crippen MR) is 57.8 cm³/mol. The smallest absolute Gasteiger partial charge is 0.322 e. The van der Waals surface area contributed by atoms with Crippen LogP contribution in [0.5, 0.6) is 0 Å². The molecule has 0 aliphatic rings. The summed E-state index contributed by atoms with van der Waals surface area (Å²) in [6.07, 6.45) is 0.389. The van der Waals surface area contributed by atoms with Crippen molar-refractivity contribution in [2.24, 2.45) is 0 Å². The molecule has 0 aromatic heterocycles. The molecular formula is C9H11Cl2NO2. The number of nitrogens with one attached hydrogen (secondary N) is 1. The Balaban J connectivity index is 0.00000169. The largest absolute Gasteiger partial charge is 0.480 e. The van der Waals surface area contributed by atoms with Gasteiger partial charge in [-0.05, 0) is 23.8 Å². The zero-order valence-electron chi connectivity index (χ0n) is 7.31. The molecule has 0 aliphatic heterocycles. The third-order valence-corrected chi connectivity index (χ3v) is 1.98. The molecule has 0 aliphatic carbocycles. The Morgan fingerprint density at radius 2 is 2.00 bits per heavy atom. The van der Waals surface area contributed by atoms with Gasteiger partial charge in [-0.3, -0.25) is 4.79 Å². The first-order chi connectivity index (χ1) is 6.24. The summed E-state index contributed by atoms with van der Waals surface area (Å²) in [5.41, 5.74) is 0.947. The van der Waals surface area contributed by atoms with Gasteiger partial charge in [0.1, 0.15) is 6.04 Å². The van der Waals surface area contributed by atoms with Crippen LogP contribution >= 0.6 is 24.2 Å². The van der Waals surface area contributed by atoms with Gasteiger partial charge in [0, 0.05) is 0 Å². The third kappa shape index (κ3) is 3.96. The Labute approximate surface area is 93.6 Å². The monoisotopic (exact) mass is 235 g/mol. The van der Waals surface area contributed by atoms with Gasteiger partial charge in [0.15, 0.2) is 0 Å². The molecule has 0 saturated heterocycles. The van der Waals surface area contributed by atoms with Crippen molar-refractivity contribution < 1.29 is 9.90 Å². The molecule has 14 heavy (non-hydrogen) atoms. The fourth-order valence-electron chi connectivity index (χ4n) is 1.02. The Morgan fingerprint density at radius 3 is 2.43 bits per heavy atom. The molecule has 0 amide bonds. The minimum atomic E-state index is -0.946. The Morgan fingerprint density at radius 1 is 1.43 bits per heavy atom. The van der Waals surface area contributed by atoms with Crippen LogP contribution in [0.3, 0.4) is 0 Å². The molecule has 5 heteroatoms. The van der Waals surface area contributed by atoms with E-state index in [0.29, 0.717) is 6.42 Å². The van der Waals surface area contributed by atoms with Crippen LogP contribution in [0.15, 0.2) is 30.3 Å². The number of aliphatic carboxylic acids is 1. The molecule has 2 N–H and O–H groups in total. The fraction of sp³-hybridized carbons (Fsp3) is 0.222. The van der Waals surface area contributed by atoms with E-state index in [2.05, 4.69) is 4.84 Å². The number of carbonyl (C=O) groups is 1. The van der Waals surface area contributed by atoms with E-state index in [1.54, 1.807) is 0 Å². The van der Waals surface area contributed by atoms with Crippen molar-refractivity contribution in [1.82, 2.24) is 4.84 Å². The molecule has 1 aromatic carbocycles. The van der Waals surface area contributed by atoms with Crippen molar-refractivity contribution in [1.29, 1.82) is 0 Å². The zero-order chi connectivity index (χ0) is 9.68. The van der Waals surface area contributed by atoms with Crippen molar-refractivity contribution in [3.05, 3.63) is 35.9 Å². The maximum atomic E-state index is 10.6. The molecule has 0 bridgehead atoms. The number of benzene rings is 1. The SMILES string of the molecule is Cl.O=C(O)[C@H](Cc1ccccc1)NCl. The van der Waals surface area contributed by atoms with Crippen LogP contribution in [0.25, 0.3) is 0 Å². The quantitative estimate of drug-likeness (QED) is 0.784. The lowest BCUT2D eigenvalue weighted by atomic mass is 10.1. The molecule has 0 radical (unpaired) electrons. The number of halogens is 2. The van der Waals surface area contributed by atoms with Crippen LogP contribution in [-0.4, -0.2) is 17.1 Å². The van der Waals surface area contributed by atoms with E-state index in [4.69, 9.17) is 16.9 Å². The summed E-state index contributed by atoms with van der Waals surface area (Å²) < 4.78 is 0. The van der Waals surface area contributed by atoms with E-state index in [-0.39, 0.29) is 12.4 Å². The van der Waals surface area contributed by atoms with Crippen molar-refractivity contribution in [2.75, 3.05) is 0 Å². The molecule has 78 valence electrons. The van der Waals surface area contributed by atoms with Crippen LogP contribution in [0, 0.1) is 0 Å². The van der Waals surface area contributed by atoms with Crippen molar-refractivity contribution >= 4 is 30.2 Å². The lowest BCUT2D eigenvalue weighted by molar-refractivity contribution is -0.138. The first kappa shape index (κ1) is 13.2. The first-order valence-electron chi connectivity index (χ1n) is 3.87. The Hall–Kier alpha value is -0.770. The topological polar surface area (TPSA) is 49.3 Å². The molecule has 3 nitrogen and oxygen atoms in total.